The van der Waals surface area contributed by atoms with E-state index in [-0.39, 0.29) is 4.47 Å². The Morgan fingerprint density at radius 2 is 2.10 bits per heavy atom. The average Bonchev–Trinajstić information content (AvgIpc) is 2.87. The van der Waals surface area contributed by atoms with Gasteiger partial charge in [0.05, 0.1) is 23.1 Å². The Balaban J connectivity index is 2.33. The smallest absolute Gasteiger partial charge is 0.311 e. The molecule has 1 aromatic heterocycles. The molecule has 1 heterocycles. The van der Waals surface area contributed by atoms with Crippen LogP contribution in [0, 0.1) is 0 Å². The maximum absolute atomic E-state index is 12.9. The molecule has 0 fully saturated rings. The van der Waals surface area contributed by atoms with Crippen LogP contribution in [0.2, 0.25) is 0 Å². The summed E-state index contributed by atoms with van der Waals surface area (Å²) in [6.07, 6.45) is -1.91. The second-order valence-corrected chi connectivity index (χ2v) is 5.33. The SMILES string of the molecule is CCCNCc1cnnn1-c1ccc(Br)c(C(F)(F)F)c1. The molecule has 4 nitrogen and oxygen atoms in total. The lowest BCUT2D eigenvalue weighted by Gasteiger charge is -2.12. The van der Waals surface area contributed by atoms with Crippen molar-refractivity contribution in [3.05, 3.63) is 40.1 Å². The molecule has 0 aliphatic heterocycles. The topological polar surface area (TPSA) is 42.7 Å². The number of alkyl halides is 3. The van der Waals surface area contributed by atoms with E-state index >= 15 is 0 Å². The van der Waals surface area contributed by atoms with Crippen LogP contribution < -0.4 is 5.32 Å². The molecule has 0 radical (unpaired) electrons. The number of hydrogen-bond donors (Lipinski definition) is 1. The van der Waals surface area contributed by atoms with Crippen LogP contribution in [-0.2, 0) is 12.7 Å². The Kier molecular flexibility index (Phi) is 5.00. The molecule has 2 rings (SSSR count). The monoisotopic (exact) mass is 362 g/mol. The van der Waals surface area contributed by atoms with Gasteiger partial charge >= 0.3 is 6.18 Å². The van der Waals surface area contributed by atoms with Gasteiger partial charge in [0.1, 0.15) is 0 Å². The first kappa shape index (κ1) is 16.0. The maximum Gasteiger partial charge on any atom is 0.417 e. The van der Waals surface area contributed by atoms with Gasteiger partial charge in [-0.1, -0.05) is 28.1 Å². The van der Waals surface area contributed by atoms with Crippen molar-refractivity contribution in [3.63, 3.8) is 0 Å². The number of aromatic nitrogens is 3. The fraction of sp³-hybridized carbons (Fsp3) is 0.385. The van der Waals surface area contributed by atoms with Gasteiger partial charge in [-0.3, -0.25) is 0 Å². The summed E-state index contributed by atoms with van der Waals surface area (Å²) >= 11 is 2.92. The molecule has 0 bridgehead atoms. The first-order valence-corrected chi connectivity index (χ1v) is 7.20. The van der Waals surface area contributed by atoms with E-state index < -0.39 is 11.7 Å². The largest absolute Gasteiger partial charge is 0.417 e. The molecule has 0 spiro atoms. The zero-order chi connectivity index (χ0) is 15.5. The van der Waals surface area contributed by atoms with Crippen LogP contribution in [0.4, 0.5) is 13.2 Å². The van der Waals surface area contributed by atoms with Gasteiger partial charge in [0.25, 0.3) is 0 Å². The number of halogens is 4. The van der Waals surface area contributed by atoms with Crippen molar-refractivity contribution >= 4 is 15.9 Å². The Hall–Kier alpha value is -1.41. The minimum Gasteiger partial charge on any atom is -0.311 e. The first-order chi connectivity index (χ1) is 9.93. The van der Waals surface area contributed by atoms with E-state index in [1.54, 1.807) is 6.07 Å². The van der Waals surface area contributed by atoms with Crippen molar-refractivity contribution in [2.45, 2.75) is 26.1 Å². The highest BCUT2D eigenvalue weighted by molar-refractivity contribution is 9.10. The fourth-order valence-corrected chi connectivity index (χ4v) is 2.32. The lowest BCUT2D eigenvalue weighted by atomic mass is 10.2. The maximum atomic E-state index is 12.9. The highest BCUT2D eigenvalue weighted by atomic mass is 79.9. The van der Waals surface area contributed by atoms with Gasteiger partial charge < -0.3 is 5.32 Å². The van der Waals surface area contributed by atoms with E-state index in [1.165, 1.54) is 16.9 Å². The van der Waals surface area contributed by atoms with E-state index in [9.17, 15) is 13.2 Å². The second kappa shape index (κ2) is 6.57. The second-order valence-electron chi connectivity index (χ2n) is 4.48. The average molecular weight is 363 g/mol. The third-order valence-corrected chi connectivity index (χ3v) is 3.54. The number of rotatable bonds is 5. The fourth-order valence-electron chi connectivity index (χ4n) is 1.85. The van der Waals surface area contributed by atoms with Crippen LogP contribution in [0.1, 0.15) is 24.6 Å². The van der Waals surface area contributed by atoms with Crippen LogP contribution in [0.25, 0.3) is 5.69 Å². The minimum atomic E-state index is -4.42. The van der Waals surface area contributed by atoms with Crippen LogP contribution >= 0.6 is 15.9 Å². The summed E-state index contributed by atoms with van der Waals surface area (Å²) in [4.78, 5) is 0. The number of hydrogen-bond acceptors (Lipinski definition) is 3. The van der Waals surface area contributed by atoms with E-state index in [4.69, 9.17) is 0 Å². The Morgan fingerprint density at radius 3 is 2.76 bits per heavy atom. The molecule has 0 atom stereocenters. The lowest BCUT2D eigenvalue weighted by molar-refractivity contribution is -0.138. The Bertz CT molecular complexity index is 610. The molecule has 0 aliphatic rings. The molecule has 1 aromatic carbocycles. The zero-order valence-electron chi connectivity index (χ0n) is 11.3. The normalized spacial score (nSPS) is 11.9. The van der Waals surface area contributed by atoms with Gasteiger partial charge in [-0.2, -0.15) is 13.2 Å². The van der Waals surface area contributed by atoms with Crippen LogP contribution in [0.5, 0.6) is 0 Å². The van der Waals surface area contributed by atoms with Crippen LogP contribution in [0.3, 0.4) is 0 Å². The van der Waals surface area contributed by atoms with Crippen molar-refractivity contribution in [1.29, 1.82) is 0 Å². The van der Waals surface area contributed by atoms with Gasteiger partial charge in [0, 0.05) is 11.0 Å². The molecule has 0 unspecified atom stereocenters. The Morgan fingerprint density at radius 1 is 1.33 bits per heavy atom. The van der Waals surface area contributed by atoms with Crippen molar-refractivity contribution in [1.82, 2.24) is 20.3 Å². The van der Waals surface area contributed by atoms with Crippen molar-refractivity contribution in [2.75, 3.05) is 6.54 Å². The number of nitrogens with one attached hydrogen (secondary N) is 1. The third-order valence-electron chi connectivity index (χ3n) is 2.85. The van der Waals surface area contributed by atoms with E-state index in [1.807, 2.05) is 6.92 Å². The van der Waals surface area contributed by atoms with Gasteiger partial charge in [-0.15, -0.1) is 5.10 Å². The summed E-state index contributed by atoms with van der Waals surface area (Å²) in [6.45, 7) is 3.35. The minimum absolute atomic E-state index is 0.00419. The molecule has 2 aromatic rings. The molecule has 0 amide bonds. The van der Waals surface area contributed by atoms with Crippen molar-refractivity contribution in [3.8, 4) is 5.69 Å². The molecule has 114 valence electrons. The van der Waals surface area contributed by atoms with Gasteiger partial charge in [0.15, 0.2) is 0 Å². The van der Waals surface area contributed by atoms with Gasteiger partial charge in [-0.25, -0.2) is 4.68 Å². The first-order valence-electron chi connectivity index (χ1n) is 6.41. The predicted molar refractivity (Wildman–Crippen MR) is 76.1 cm³/mol. The van der Waals surface area contributed by atoms with Crippen LogP contribution in [0.15, 0.2) is 28.9 Å². The molecule has 21 heavy (non-hydrogen) atoms. The van der Waals surface area contributed by atoms with Crippen molar-refractivity contribution < 1.29 is 13.2 Å². The molecular formula is C13H14BrF3N4. The number of benzene rings is 1. The quantitative estimate of drug-likeness (QED) is 0.827. The van der Waals surface area contributed by atoms with Gasteiger partial charge in [-0.05, 0) is 31.2 Å². The summed E-state index contributed by atoms with van der Waals surface area (Å²) in [5.74, 6) is 0. The predicted octanol–water partition coefficient (Wildman–Crippen LogP) is 3.55. The molecule has 0 saturated heterocycles. The lowest BCUT2D eigenvalue weighted by Crippen LogP contribution is -2.17. The number of nitrogens with zero attached hydrogens (tertiary/aromatic N) is 3. The molecule has 8 heteroatoms. The summed E-state index contributed by atoms with van der Waals surface area (Å²) in [5.41, 5.74) is 0.304. The Labute approximate surface area is 128 Å². The molecule has 0 aliphatic carbocycles. The molecule has 0 saturated carbocycles. The standard InChI is InChI=1S/C13H14BrF3N4/c1-2-5-18-7-10-8-19-20-21(10)9-3-4-12(14)11(6-9)13(15,16)17/h3-4,6,8,18H,2,5,7H2,1H3. The summed E-state index contributed by atoms with van der Waals surface area (Å²) in [5, 5.41) is 10.8. The molecule has 1 N–H and O–H groups in total. The zero-order valence-corrected chi connectivity index (χ0v) is 12.9. The highest BCUT2D eigenvalue weighted by Crippen LogP contribution is 2.35. The van der Waals surface area contributed by atoms with Crippen LogP contribution in [-0.4, -0.2) is 21.5 Å². The third kappa shape index (κ3) is 3.82. The summed E-state index contributed by atoms with van der Waals surface area (Å²) in [7, 11) is 0. The summed E-state index contributed by atoms with van der Waals surface area (Å²) in [6, 6.07) is 3.99. The van der Waals surface area contributed by atoms with Gasteiger partial charge in [0.2, 0.25) is 0 Å². The highest BCUT2D eigenvalue weighted by Gasteiger charge is 2.33. The van der Waals surface area contributed by atoms with E-state index in [0.29, 0.717) is 17.9 Å². The van der Waals surface area contributed by atoms with E-state index in [0.717, 1.165) is 19.0 Å². The van der Waals surface area contributed by atoms with Crippen molar-refractivity contribution in [2.24, 2.45) is 0 Å². The molecular weight excluding hydrogens is 349 g/mol. The summed E-state index contributed by atoms with van der Waals surface area (Å²) < 4.78 is 40.2. The van der Waals surface area contributed by atoms with E-state index in [2.05, 4.69) is 31.6 Å².